The minimum absolute atomic E-state index is 0.159. The number of carbonyl (C=O) groups is 2. The lowest BCUT2D eigenvalue weighted by atomic mass is 10.1. The van der Waals surface area contributed by atoms with Crippen LogP contribution >= 0.6 is 11.8 Å². The molecule has 2 amide bonds. The molecule has 1 aromatic carbocycles. The Morgan fingerprint density at radius 3 is 2.89 bits per heavy atom. The van der Waals surface area contributed by atoms with Gasteiger partial charge >= 0.3 is 5.63 Å². The summed E-state index contributed by atoms with van der Waals surface area (Å²) in [6.45, 7) is 0.0509. The SMILES string of the molecule is COc1ccc2c(CC(=O)N[C@@H](CO)C(=O)NC3=NCCS3)cc(=O)oc2c1. The van der Waals surface area contributed by atoms with Crippen molar-refractivity contribution in [1.82, 2.24) is 10.6 Å². The molecule has 0 bridgehead atoms. The number of nitrogens with one attached hydrogen (secondary N) is 2. The fraction of sp³-hybridized carbons (Fsp3) is 0.333. The van der Waals surface area contributed by atoms with Gasteiger partial charge in [-0.2, -0.15) is 0 Å². The Kier molecular flexibility index (Phi) is 6.32. The maximum atomic E-state index is 12.4. The second-order valence-electron chi connectivity index (χ2n) is 5.96. The third-order valence-corrected chi connectivity index (χ3v) is 4.93. The van der Waals surface area contributed by atoms with Gasteiger partial charge in [-0.1, -0.05) is 11.8 Å². The van der Waals surface area contributed by atoms with E-state index in [0.29, 0.717) is 34.0 Å². The number of aliphatic imine (C=N–C) groups is 1. The summed E-state index contributed by atoms with van der Waals surface area (Å²) in [5.41, 5.74) is 0.137. The summed E-state index contributed by atoms with van der Waals surface area (Å²) in [5, 5.41) is 15.6. The lowest BCUT2D eigenvalue weighted by Crippen LogP contribution is -2.50. The monoisotopic (exact) mass is 405 g/mol. The zero-order valence-corrected chi connectivity index (χ0v) is 15.9. The number of benzene rings is 1. The minimum atomic E-state index is -1.12. The number of nitrogens with zero attached hydrogens (tertiary/aromatic N) is 1. The number of aliphatic hydroxyl groups is 1. The molecule has 3 N–H and O–H groups in total. The van der Waals surface area contributed by atoms with Crippen LogP contribution in [0.4, 0.5) is 0 Å². The maximum absolute atomic E-state index is 12.4. The van der Waals surface area contributed by atoms with Crippen molar-refractivity contribution in [3.05, 3.63) is 40.2 Å². The van der Waals surface area contributed by atoms with Crippen LogP contribution in [-0.2, 0) is 16.0 Å². The molecule has 0 unspecified atom stereocenters. The van der Waals surface area contributed by atoms with Gasteiger partial charge < -0.3 is 24.9 Å². The van der Waals surface area contributed by atoms with E-state index < -0.39 is 30.1 Å². The molecule has 1 atom stereocenters. The molecule has 0 spiro atoms. The van der Waals surface area contributed by atoms with Crippen LogP contribution in [0.2, 0.25) is 0 Å². The number of hydrogen-bond donors (Lipinski definition) is 3. The highest BCUT2D eigenvalue weighted by atomic mass is 32.2. The highest BCUT2D eigenvalue weighted by molar-refractivity contribution is 8.14. The molecular weight excluding hydrogens is 386 g/mol. The first-order valence-corrected chi connectivity index (χ1v) is 9.48. The van der Waals surface area contributed by atoms with Crippen molar-refractivity contribution >= 4 is 39.7 Å². The van der Waals surface area contributed by atoms with Crippen molar-refractivity contribution in [2.75, 3.05) is 26.0 Å². The molecule has 0 fully saturated rings. The van der Waals surface area contributed by atoms with E-state index in [2.05, 4.69) is 15.6 Å². The third kappa shape index (κ3) is 4.70. The normalized spacial score (nSPS) is 14.4. The quantitative estimate of drug-likeness (QED) is 0.579. The van der Waals surface area contributed by atoms with Crippen LogP contribution < -0.4 is 21.0 Å². The van der Waals surface area contributed by atoms with Crippen LogP contribution in [0.25, 0.3) is 11.0 Å². The first kappa shape index (κ1) is 19.9. The zero-order chi connectivity index (χ0) is 20.1. The molecule has 9 nitrogen and oxygen atoms in total. The summed E-state index contributed by atoms with van der Waals surface area (Å²) in [5.74, 6) is 0.228. The fourth-order valence-corrected chi connectivity index (χ4v) is 3.43. The Morgan fingerprint density at radius 2 is 2.21 bits per heavy atom. The van der Waals surface area contributed by atoms with Crippen molar-refractivity contribution in [1.29, 1.82) is 0 Å². The van der Waals surface area contributed by atoms with Gasteiger partial charge in [0.1, 0.15) is 17.4 Å². The fourth-order valence-electron chi connectivity index (χ4n) is 2.70. The standard InChI is InChI=1S/C18H19N3O6S/c1-26-11-2-3-12-10(7-16(24)27-14(12)8-11)6-15(23)20-13(9-22)17(25)21-18-19-4-5-28-18/h2-3,7-8,13,22H,4-6,9H2,1H3,(H,20,23)(H,19,21,25)/t13-/m0/s1. The predicted molar refractivity (Wildman–Crippen MR) is 105 cm³/mol. The number of hydrogen-bond acceptors (Lipinski definition) is 8. The van der Waals surface area contributed by atoms with E-state index >= 15 is 0 Å². The molecule has 3 rings (SSSR count). The molecule has 0 saturated heterocycles. The lowest BCUT2D eigenvalue weighted by molar-refractivity contribution is -0.128. The second kappa shape index (κ2) is 8.89. The van der Waals surface area contributed by atoms with Crippen molar-refractivity contribution < 1.29 is 23.8 Å². The Labute approximate surface area is 164 Å². The third-order valence-electron chi connectivity index (χ3n) is 4.04. The van der Waals surface area contributed by atoms with Crippen LogP contribution in [0.1, 0.15) is 5.56 Å². The highest BCUT2D eigenvalue weighted by Crippen LogP contribution is 2.22. The zero-order valence-electron chi connectivity index (χ0n) is 15.1. The Balaban J connectivity index is 1.73. The van der Waals surface area contributed by atoms with Crippen molar-refractivity contribution in [2.45, 2.75) is 12.5 Å². The van der Waals surface area contributed by atoms with E-state index in [-0.39, 0.29) is 6.42 Å². The molecule has 0 aliphatic carbocycles. The molecular formula is C18H19N3O6S. The summed E-state index contributed by atoms with van der Waals surface area (Å²) in [4.78, 5) is 40.5. The summed E-state index contributed by atoms with van der Waals surface area (Å²) in [7, 11) is 1.49. The van der Waals surface area contributed by atoms with Crippen molar-refractivity contribution in [2.24, 2.45) is 4.99 Å². The molecule has 148 valence electrons. The number of amidine groups is 1. The molecule has 0 saturated carbocycles. The number of thioether (sulfide) groups is 1. The van der Waals surface area contributed by atoms with E-state index in [1.54, 1.807) is 18.2 Å². The maximum Gasteiger partial charge on any atom is 0.336 e. The largest absolute Gasteiger partial charge is 0.497 e. The molecule has 2 aromatic rings. The van der Waals surface area contributed by atoms with Gasteiger partial charge in [0.05, 0.1) is 26.7 Å². The van der Waals surface area contributed by atoms with Gasteiger partial charge in [-0.15, -0.1) is 0 Å². The van der Waals surface area contributed by atoms with Gasteiger partial charge in [-0.05, 0) is 17.7 Å². The number of fused-ring (bicyclic) bond motifs is 1. The summed E-state index contributed by atoms with van der Waals surface area (Å²) in [6.07, 6.45) is -0.159. The van der Waals surface area contributed by atoms with E-state index in [9.17, 15) is 19.5 Å². The molecule has 28 heavy (non-hydrogen) atoms. The van der Waals surface area contributed by atoms with Gasteiger partial charge in [0.2, 0.25) is 5.91 Å². The number of carbonyl (C=O) groups excluding carboxylic acids is 2. The van der Waals surface area contributed by atoms with Crippen molar-refractivity contribution in [3.63, 3.8) is 0 Å². The van der Waals surface area contributed by atoms with Crippen molar-refractivity contribution in [3.8, 4) is 5.75 Å². The Morgan fingerprint density at radius 1 is 1.39 bits per heavy atom. The first-order chi connectivity index (χ1) is 13.5. The number of ether oxygens (including phenoxy) is 1. The van der Waals surface area contributed by atoms with Gasteiger partial charge in [0, 0.05) is 23.3 Å². The van der Waals surface area contributed by atoms with E-state index in [1.165, 1.54) is 24.9 Å². The van der Waals surface area contributed by atoms with Gasteiger partial charge in [0.25, 0.3) is 5.91 Å². The highest BCUT2D eigenvalue weighted by Gasteiger charge is 2.23. The van der Waals surface area contributed by atoms with Crippen LogP contribution in [0.15, 0.2) is 38.5 Å². The first-order valence-electron chi connectivity index (χ1n) is 8.49. The molecule has 10 heteroatoms. The van der Waals surface area contributed by atoms with Gasteiger partial charge in [-0.3, -0.25) is 14.6 Å². The molecule has 1 aliphatic heterocycles. The van der Waals surface area contributed by atoms with Gasteiger partial charge in [0.15, 0.2) is 5.17 Å². The number of amides is 2. The predicted octanol–water partition coefficient (Wildman–Crippen LogP) is 0.0402. The average Bonchev–Trinajstić information content (AvgIpc) is 3.18. The van der Waals surface area contributed by atoms with E-state index in [4.69, 9.17) is 9.15 Å². The number of methoxy groups -OCH3 is 1. The van der Waals surface area contributed by atoms with Crippen LogP contribution in [0, 0.1) is 0 Å². The molecule has 2 heterocycles. The van der Waals surface area contributed by atoms with E-state index in [1.807, 2.05) is 0 Å². The molecule has 1 aromatic heterocycles. The molecule has 0 radical (unpaired) electrons. The van der Waals surface area contributed by atoms with E-state index in [0.717, 1.165) is 5.75 Å². The van der Waals surface area contributed by atoms with Crippen LogP contribution in [0.5, 0.6) is 5.75 Å². The van der Waals surface area contributed by atoms with Crippen LogP contribution in [0.3, 0.4) is 0 Å². The number of aliphatic hydroxyl groups excluding tert-OH is 1. The Bertz CT molecular complexity index is 987. The summed E-state index contributed by atoms with van der Waals surface area (Å²) >= 11 is 1.39. The van der Waals surface area contributed by atoms with Gasteiger partial charge in [-0.25, -0.2) is 4.79 Å². The molecule has 1 aliphatic rings. The lowest BCUT2D eigenvalue weighted by Gasteiger charge is -2.16. The average molecular weight is 405 g/mol. The summed E-state index contributed by atoms with van der Waals surface area (Å²) in [6, 6.07) is 5.04. The Hall–Kier alpha value is -2.85. The summed E-state index contributed by atoms with van der Waals surface area (Å²) < 4.78 is 10.3. The minimum Gasteiger partial charge on any atom is -0.497 e. The topological polar surface area (TPSA) is 130 Å². The van der Waals surface area contributed by atoms with Crippen LogP contribution in [-0.4, -0.2) is 54.1 Å². The smallest absolute Gasteiger partial charge is 0.336 e. The second-order valence-corrected chi connectivity index (χ2v) is 7.04. The number of rotatable bonds is 6.